The first-order chi connectivity index (χ1) is 9.70. The highest BCUT2D eigenvalue weighted by molar-refractivity contribution is 7.93. The Morgan fingerprint density at radius 3 is 2.62 bits per heavy atom. The molecule has 2 heterocycles. The predicted octanol–water partition coefficient (Wildman–Crippen LogP) is 2.67. The lowest BCUT2D eigenvalue weighted by atomic mass is 10.2. The summed E-state index contributed by atoms with van der Waals surface area (Å²) in [6.07, 6.45) is 0. The average Bonchev–Trinajstić information content (AvgIpc) is 2.95. The largest absolute Gasteiger partial charge is 0.475 e. The second kappa shape index (κ2) is 5.49. The monoisotopic (exact) mass is 330 g/mol. The molecule has 2 aromatic heterocycles. The Balaban J connectivity index is 2.31. The van der Waals surface area contributed by atoms with E-state index in [1.165, 1.54) is 18.3 Å². The van der Waals surface area contributed by atoms with E-state index in [0.29, 0.717) is 0 Å². The lowest BCUT2D eigenvalue weighted by Gasteiger charge is -2.03. The van der Waals surface area contributed by atoms with Crippen LogP contribution >= 0.6 is 11.3 Å². The second-order valence-electron chi connectivity index (χ2n) is 4.67. The van der Waals surface area contributed by atoms with Gasteiger partial charge in [0.2, 0.25) is 5.76 Å². The predicted molar refractivity (Wildman–Crippen MR) is 77.4 cm³/mol. The van der Waals surface area contributed by atoms with Crippen LogP contribution in [-0.4, -0.2) is 24.5 Å². The van der Waals surface area contributed by atoms with E-state index in [2.05, 4.69) is 9.71 Å². The van der Waals surface area contributed by atoms with E-state index in [1.807, 2.05) is 13.8 Å². The number of rotatable bonds is 5. The van der Waals surface area contributed by atoms with E-state index >= 15 is 0 Å². The number of hydrogen-bond donors (Lipinski definition) is 2. The van der Waals surface area contributed by atoms with Crippen LogP contribution in [0.3, 0.4) is 0 Å². The minimum atomic E-state index is -3.93. The highest BCUT2D eigenvalue weighted by Gasteiger charge is 2.25. The Labute approximate surface area is 125 Å². The van der Waals surface area contributed by atoms with Gasteiger partial charge in [-0.05, 0) is 12.8 Å². The third-order valence-electron chi connectivity index (χ3n) is 2.71. The lowest BCUT2D eigenvalue weighted by molar-refractivity contribution is 0.0661. The molecule has 0 aliphatic heterocycles. The standard InChI is InChI=1S/C12H14N2O5S2/c1-6(2)8-5-20-12(13-8)14-21(17,18)10-4-9(11(15)16)19-7(10)3/h4-6H,1-3H3,(H,13,14)(H,15,16). The van der Waals surface area contributed by atoms with Gasteiger partial charge in [0.25, 0.3) is 10.0 Å². The van der Waals surface area contributed by atoms with E-state index in [1.54, 1.807) is 5.38 Å². The van der Waals surface area contributed by atoms with E-state index in [0.717, 1.165) is 11.8 Å². The van der Waals surface area contributed by atoms with Gasteiger partial charge in [0.05, 0.1) is 5.69 Å². The highest BCUT2D eigenvalue weighted by Crippen LogP contribution is 2.26. The molecule has 0 amide bonds. The van der Waals surface area contributed by atoms with Crippen LogP contribution in [0.5, 0.6) is 0 Å². The summed E-state index contributed by atoms with van der Waals surface area (Å²) >= 11 is 1.17. The van der Waals surface area contributed by atoms with E-state index < -0.39 is 21.8 Å². The molecular weight excluding hydrogens is 316 g/mol. The molecule has 9 heteroatoms. The Bertz CT molecular complexity index is 773. The number of aryl methyl sites for hydroxylation is 1. The fourth-order valence-corrected chi connectivity index (χ4v) is 3.91. The highest BCUT2D eigenvalue weighted by atomic mass is 32.2. The summed E-state index contributed by atoms with van der Waals surface area (Å²) in [7, 11) is -3.93. The van der Waals surface area contributed by atoms with Crippen molar-refractivity contribution in [3.05, 3.63) is 28.7 Å². The van der Waals surface area contributed by atoms with Crippen LogP contribution in [0.15, 0.2) is 20.8 Å². The molecule has 2 N–H and O–H groups in total. The van der Waals surface area contributed by atoms with E-state index in [-0.39, 0.29) is 21.7 Å². The number of carboxylic acids is 1. The van der Waals surface area contributed by atoms with Crippen LogP contribution < -0.4 is 4.72 Å². The van der Waals surface area contributed by atoms with Gasteiger partial charge in [-0.25, -0.2) is 18.2 Å². The van der Waals surface area contributed by atoms with Gasteiger partial charge >= 0.3 is 5.97 Å². The van der Waals surface area contributed by atoms with Gasteiger partial charge in [-0.2, -0.15) is 0 Å². The zero-order valence-corrected chi connectivity index (χ0v) is 13.2. The summed E-state index contributed by atoms with van der Waals surface area (Å²) in [5, 5.41) is 10.8. The molecule has 21 heavy (non-hydrogen) atoms. The number of nitrogens with zero attached hydrogens (tertiary/aromatic N) is 1. The summed E-state index contributed by atoms with van der Waals surface area (Å²) < 4.78 is 31.7. The molecule has 0 aromatic carbocycles. The molecule has 0 spiro atoms. The Hall–Kier alpha value is -1.87. The van der Waals surface area contributed by atoms with Crippen molar-refractivity contribution in [1.82, 2.24) is 4.98 Å². The number of sulfonamides is 1. The first-order valence-corrected chi connectivity index (χ1v) is 8.39. The van der Waals surface area contributed by atoms with Gasteiger partial charge < -0.3 is 9.52 Å². The number of anilines is 1. The van der Waals surface area contributed by atoms with Crippen molar-refractivity contribution in [3.8, 4) is 0 Å². The number of aromatic carboxylic acids is 1. The van der Waals surface area contributed by atoms with Gasteiger partial charge in [-0.1, -0.05) is 13.8 Å². The Morgan fingerprint density at radius 1 is 1.48 bits per heavy atom. The molecule has 0 aliphatic rings. The van der Waals surface area contributed by atoms with Crippen LogP contribution in [0.25, 0.3) is 0 Å². The molecule has 114 valence electrons. The molecule has 7 nitrogen and oxygen atoms in total. The Morgan fingerprint density at radius 2 is 2.14 bits per heavy atom. The normalized spacial score (nSPS) is 11.8. The van der Waals surface area contributed by atoms with Crippen LogP contribution in [0, 0.1) is 6.92 Å². The summed E-state index contributed by atoms with van der Waals surface area (Å²) in [5.74, 6) is -1.54. The summed E-state index contributed by atoms with van der Waals surface area (Å²) in [5.41, 5.74) is 0.785. The number of carbonyl (C=O) groups is 1. The third kappa shape index (κ3) is 3.24. The number of aromatic nitrogens is 1. The first-order valence-electron chi connectivity index (χ1n) is 6.02. The van der Waals surface area contributed by atoms with Crippen LogP contribution in [-0.2, 0) is 10.0 Å². The summed E-state index contributed by atoms with van der Waals surface area (Å²) in [6.45, 7) is 5.29. The number of carboxylic acid groups (broad SMARTS) is 1. The average molecular weight is 330 g/mol. The molecular formula is C12H14N2O5S2. The number of nitrogens with one attached hydrogen (secondary N) is 1. The van der Waals surface area contributed by atoms with Gasteiger partial charge in [0.15, 0.2) is 5.13 Å². The number of hydrogen-bond acceptors (Lipinski definition) is 6. The maximum atomic E-state index is 12.2. The molecule has 0 unspecified atom stereocenters. The van der Waals surface area contributed by atoms with Gasteiger partial charge in [0, 0.05) is 11.4 Å². The van der Waals surface area contributed by atoms with Gasteiger partial charge in [-0.15, -0.1) is 11.3 Å². The molecule has 0 bridgehead atoms. The van der Waals surface area contributed by atoms with E-state index in [9.17, 15) is 13.2 Å². The third-order valence-corrected chi connectivity index (χ3v) is 5.06. The molecule has 0 saturated carbocycles. The molecule has 2 rings (SSSR count). The number of thiazole rings is 1. The molecule has 0 aliphatic carbocycles. The quantitative estimate of drug-likeness (QED) is 0.872. The van der Waals surface area contributed by atoms with Crippen molar-refractivity contribution in [2.45, 2.75) is 31.6 Å². The molecule has 0 radical (unpaired) electrons. The molecule has 2 aromatic rings. The minimum Gasteiger partial charge on any atom is -0.475 e. The minimum absolute atomic E-state index is 0.0144. The number of furan rings is 1. The zero-order chi connectivity index (χ0) is 15.8. The topological polar surface area (TPSA) is 109 Å². The van der Waals surface area contributed by atoms with Crippen LogP contribution in [0.1, 0.15) is 41.8 Å². The second-order valence-corrected chi connectivity index (χ2v) is 7.18. The smallest absolute Gasteiger partial charge is 0.371 e. The fourth-order valence-electron chi connectivity index (χ4n) is 1.61. The fraction of sp³-hybridized carbons (Fsp3) is 0.333. The van der Waals surface area contributed by atoms with Crippen molar-refractivity contribution >= 4 is 32.5 Å². The maximum Gasteiger partial charge on any atom is 0.371 e. The molecule has 0 atom stereocenters. The van der Waals surface area contributed by atoms with Crippen LogP contribution in [0.2, 0.25) is 0 Å². The van der Waals surface area contributed by atoms with Crippen molar-refractivity contribution in [1.29, 1.82) is 0 Å². The summed E-state index contributed by atoms with van der Waals surface area (Å²) in [6, 6.07) is 0.983. The molecule has 0 fully saturated rings. The van der Waals surface area contributed by atoms with Gasteiger partial charge in [-0.3, -0.25) is 4.72 Å². The maximum absolute atomic E-state index is 12.2. The van der Waals surface area contributed by atoms with Crippen molar-refractivity contribution < 1.29 is 22.7 Å². The van der Waals surface area contributed by atoms with Crippen LogP contribution in [0.4, 0.5) is 5.13 Å². The SMILES string of the molecule is Cc1oc(C(=O)O)cc1S(=O)(=O)Nc1nc(C(C)C)cs1. The molecule has 0 saturated heterocycles. The van der Waals surface area contributed by atoms with Gasteiger partial charge in [0.1, 0.15) is 10.7 Å². The van der Waals surface area contributed by atoms with Crippen molar-refractivity contribution in [3.63, 3.8) is 0 Å². The van der Waals surface area contributed by atoms with E-state index in [4.69, 9.17) is 9.52 Å². The van der Waals surface area contributed by atoms with Crippen molar-refractivity contribution in [2.75, 3.05) is 4.72 Å². The zero-order valence-electron chi connectivity index (χ0n) is 11.6. The lowest BCUT2D eigenvalue weighted by Crippen LogP contribution is -2.13. The first kappa shape index (κ1) is 15.5. The van der Waals surface area contributed by atoms with Crippen molar-refractivity contribution in [2.24, 2.45) is 0 Å². The Kier molecular flexibility index (Phi) is 4.06. The summed E-state index contributed by atoms with van der Waals surface area (Å²) in [4.78, 5) is 14.8.